The van der Waals surface area contributed by atoms with Crippen molar-refractivity contribution in [2.75, 3.05) is 7.11 Å². The Balaban J connectivity index is 2.05. The van der Waals surface area contributed by atoms with E-state index >= 15 is 0 Å². The van der Waals surface area contributed by atoms with Crippen molar-refractivity contribution in [3.8, 4) is 0 Å². The lowest BCUT2D eigenvalue weighted by molar-refractivity contribution is -0.177. The van der Waals surface area contributed by atoms with Gasteiger partial charge in [-0.05, 0) is 31.1 Å². The summed E-state index contributed by atoms with van der Waals surface area (Å²) >= 11 is 0. The molecule has 3 heteroatoms. The topological polar surface area (TPSA) is 43.4 Å². The third kappa shape index (κ3) is 1.02. The van der Waals surface area contributed by atoms with Gasteiger partial charge < -0.3 is 9.53 Å². The summed E-state index contributed by atoms with van der Waals surface area (Å²) in [4.78, 5) is 22.2. The standard InChI is InChI=1S/C10H14O3/c1-13-8(12)10(7-11)5-9(6-10)3-2-4-9/h7H,2-6H2,1H3. The molecule has 2 aliphatic carbocycles. The van der Waals surface area contributed by atoms with Crippen molar-refractivity contribution in [1.82, 2.24) is 0 Å². The normalized spacial score (nSPS) is 27.2. The van der Waals surface area contributed by atoms with Crippen molar-refractivity contribution in [3.63, 3.8) is 0 Å². The molecule has 2 aliphatic rings. The van der Waals surface area contributed by atoms with Crippen LogP contribution in [0.1, 0.15) is 32.1 Å². The number of hydrogen-bond acceptors (Lipinski definition) is 3. The van der Waals surface area contributed by atoms with Gasteiger partial charge in [0.1, 0.15) is 11.7 Å². The minimum absolute atomic E-state index is 0.328. The van der Waals surface area contributed by atoms with Crippen LogP contribution in [0.3, 0.4) is 0 Å². The molecule has 13 heavy (non-hydrogen) atoms. The Morgan fingerprint density at radius 3 is 2.31 bits per heavy atom. The Bertz CT molecular complexity index is 245. The highest BCUT2D eigenvalue weighted by Gasteiger charge is 2.61. The minimum Gasteiger partial charge on any atom is -0.468 e. The summed E-state index contributed by atoms with van der Waals surface area (Å²) in [5, 5.41) is 0. The average Bonchev–Trinajstić information content (AvgIpc) is 2.00. The predicted octanol–water partition coefficient (Wildman–Crippen LogP) is 1.31. The molecule has 0 bridgehead atoms. The van der Waals surface area contributed by atoms with Crippen LogP contribution >= 0.6 is 0 Å². The van der Waals surface area contributed by atoms with Crippen molar-refractivity contribution >= 4 is 12.3 Å². The van der Waals surface area contributed by atoms with E-state index in [0.29, 0.717) is 5.41 Å². The zero-order chi connectivity index (χ0) is 9.53. The highest BCUT2D eigenvalue weighted by Crippen LogP contribution is 2.63. The summed E-state index contributed by atoms with van der Waals surface area (Å²) in [7, 11) is 1.35. The first-order valence-electron chi connectivity index (χ1n) is 4.71. The molecule has 0 amide bonds. The van der Waals surface area contributed by atoms with Crippen LogP contribution in [-0.2, 0) is 14.3 Å². The monoisotopic (exact) mass is 182 g/mol. The van der Waals surface area contributed by atoms with E-state index in [1.165, 1.54) is 26.4 Å². The quantitative estimate of drug-likeness (QED) is 0.367. The Kier molecular flexibility index (Phi) is 1.72. The van der Waals surface area contributed by atoms with Crippen molar-refractivity contribution in [2.24, 2.45) is 10.8 Å². The second-order valence-corrected chi connectivity index (χ2v) is 4.47. The average molecular weight is 182 g/mol. The van der Waals surface area contributed by atoms with E-state index in [4.69, 9.17) is 0 Å². The van der Waals surface area contributed by atoms with Crippen LogP contribution in [0.15, 0.2) is 0 Å². The molecule has 0 radical (unpaired) electrons. The molecule has 2 saturated carbocycles. The SMILES string of the molecule is COC(=O)C1(C=O)CC2(CCC2)C1. The second-order valence-electron chi connectivity index (χ2n) is 4.47. The van der Waals surface area contributed by atoms with Crippen LogP contribution in [0, 0.1) is 10.8 Å². The first-order chi connectivity index (χ1) is 6.16. The summed E-state index contributed by atoms with van der Waals surface area (Å²) in [6, 6.07) is 0. The van der Waals surface area contributed by atoms with E-state index in [2.05, 4.69) is 4.74 Å². The van der Waals surface area contributed by atoms with E-state index < -0.39 is 5.41 Å². The van der Waals surface area contributed by atoms with Crippen LogP contribution in [0.25, 0.3) is 0 Å². The summed E-state index contributed by atoms with van der Waals surface area (Å²) in [5.41, 5.74) is -0.454. The highest BCUT2D eigenvalue weighted by atomic mass is 16.5. The third-order valence-corrected chi connectivity index (χ3v) is 3.61. The Hall–Kier alpha value is -0.860. The number of carbonyl (C=O) groups excluding carboxylic acids is 2. The van der Waals surface area contributed by atoms with Gasteiger partial charge in [-0.25, -0.2) is 0 Å². The molecule has 0 N–H and O–H groups in total. The van der Waals surface area contributed by atoms with Crippen molar-refractivity contribution in [2.45, 2.75) is 32.1 Å². The lowest BCUT2D eigenvalue weighted by Gasteiger charge is -2.57. The Morgan fingerprint density at radius 1 is 1.38 bits per heavy atom. The molecule has 3 nitrogen and oxygen atoms in total. The lowest BCUT2D eigenvalue weighted by Crippen LogP contribution is -2.55. The molecular weight excluding hydrogens is 168 g/mol. The zero-order valence-electron chi connectivity index (χ0n) is 7.84. The summed E-state index contributed by atoms with van der Waals surface area (Å²) in [5.74, 6) is -0.347. The maximum absolute atomic E-state index is 11.3. The number of methoxy groups -OCH3 is 1. The van der Waals surface area contributed by atoms with Crippen LogP contribution in [-0.4, -0.2) is 19.4 Å². The molecule has 2 rings (SSSR count). The molecule has 1 spiro atoms. The maximum atomic E-state index is 11.3. The lowest BCUT2D eigenvalue weighted by atomic mass is 9.46. The summed E-state index contributed by atoms with van der Waals surface area (Å²) in [6.07, 6.45) is 5.82. The van der Waals surface area contributed by atoms with Crippen LogP contribution in [0.5, 0.6) is 0 Å². The Labute approximate surface area is 77.4 Å². The highest BCUT2D eigenvalue weighted by molar-refractivity contribution is 5.94. The fraction of sp³-hybridized carbons (Fsp3) is 0.800. The van der Waals surface area contributed by atoms with Gasteiger partial charge in [-0.3, -0.25) is 4.79 Å². The van der Waals surface area contributed by atoms with E-state index in [9.17, 15) is 9.59 Å². The van der Waals surface area contributed by atoms with Gasteiger partial charge in [-0.15, -0.1) is 0 Å². The van der Waals surface area contributed by atoms with Gasteiger partial charge in [0.2, 0.25) is 0 Å². The number of esters is 1. The number of ether oxygens (including phenoxy) is 1. The molecule has 0 heterocycles. The molecule has 2 fully saturated rings. The predicted molar refractivity (Wildman–Crippen MR) is 46.0 cm³/mol. The molecule has 0 aromatic rings. The summed E-state index contributed by atoms with van der Waals surface area (Å²) in [6.45, 7) is 0. The zero-order valence-corrected chi connectivity index (χ0v) is 7.84. The maximum Gasteiger partial charge on any atom is 0.319 e. The van der Waals surface area contributed by atoms with Gasteiger partial charge in [0.15, 0.2) is 0 Å². The fourth-order valence-corrected chi connectivity index (χ4v) is 2.80. The molecule has 72 valence electrons. The van der Waals surface area contributed by atoms with Gasteiger partial charge in [-0.1, -0.05) is 6.42 Å². The van der Waals surface area contributed by atoms with E-state index in [1.807, 2.05) is 0 Å². The van der Waals surface area contributed by atoms with Crippen molar-refractivity contribution < 1.29 is 14.3 Å². The van der Waals surface area contributed by atoms with Gasteiger partial charge in [-0.2, -0.15) is 0 Å². The van der Waals surface area contributed by atoms with Crippen LogP contribution in [0.2, 0.25) is 0 Å². The molecule has 0 atom stereocenters. The van der Waals surface area contributed by atoms with Gasteiger partial charge >= 0.3 is 5.97 Å². The first kappa shape index (κ1) is 8.73. The minimum atomic E-state index is -0.783. The molecule has 0 aliphatic heterocycles. The number of aldehydes is 1. The van der Waals surface area contributed by atoms with E-state index in [1.54, 1.807) is 0 Å². The fourth-order valence-electron chi connectivity index (χ4n) is 2.80. The molecule has 0 aromatic carbocycles. The van der Waals surface area contributed by atoms with Gasteiger partial charge in [0, 0.05) is 0 Å². The molecule has 0 unspecified atom stereocenters. The summed E-state index contributed by atoms with van der Waals surface area (Å²) < 4.78 is 4.64. The van der Waals surface area contributed by atoms with E-state index in [0.717, 1.165) is 19.1 Å². The Morgan fingerprint density at radius 2 is 2.00 bits per heavy atom. The smallest absolute Gasteiger partial charge is 0.319 e. The van der Waals surface area contributed by atoms with E-state index in [-0.39, 0.29) is 5.97 Å². The van der Waals surface area contributed by atoms with Gasteiger partial charge in [0.25, 0.3) is 0 Å². The van der Waals surface area contributed by atoms with Crippen LogP contribution < -0.4 is 0 Å². The number of carbonyl (C=O) groups is 2. The largest absolute Gasteiger partial charge is 0.468 e. The van der Waals surface area contributed by atoms with Crippen molar-refractivity contribution in [1.29, 1.82) is 0 Å². The molecule has 0 aromatic heterocycles. The van der Waals surface area contributed by atoms with Gasteiger partial charge in [0.05, 0.1) is 7.11 Å². The van der Waals surface area contributed by atoms with Crippen LogP contribution in [0.4, 0.5) is 0 Å². The molecule has 0 saturated heterocycles. The second kappa shape index (κ2) is 2.56. The number of hydrogen-bond donors (Lipinski definition) is 0. The molecular formula is C10H14O3. The number of rotatable bonds is 2. The first-order valence-corrected chi connectivity index (χ1v) is 4.71. The van der Waals surface area contributed by atoms with Crippen molar-refractivity contribution in [3.05, 3.63) is 0 Å². The third-order valence-electron chi connectivity index (χ3n) is 3.61.